The molecule has 1 aromatic heterocycles. The molecule has 1 fully saturated rings. The average Bonchev–Trinajstić information content (AvgIpc) is 3.29. The molecule has 1 saturated heterocycles. The smallest absolute Gasteiger partial charge is 0.410 e. The zero-order valence-corrected chi connectivity index (χ0v) is 16.3. The lowest BCUT2D eigenvalue weighted by Gasteiger charge is -2.30. The van der Waals surface area contributed by atoms with Crippen LogP contribution in [0.4, 0.5) is 10.5 Å². The molecule has 8 heteroatoms. The normalized spacial score (nSPS) is 14.2. The van der Waals surface area contributed by atoms with Crippen LogP contribution in [0.15, 0.2) is 73.1 Å². The second-order valence-corrected chi connectivity index (χ2v) is 6.91. The number of nitrogens with zero attached hydrogens (tertiary/aromatic N) is 3. The standard InChI is InChI=1S/C22H22N4O4/c27-21(17-5-2-1-3-6-17)24-18-7-9-19(10-8-18)29-22(28)25-15-11-20(12-16-25)30-26-14-4-13-23-26/h1-10,13-14,20H,11-12,15-16H2,(H,24,27). The molecule has 2 aromatic carbocycles. The summed E-state index contributed by atoms with van der Waals surface area (Å²) in [5, 5.41) is 6.84. The fourth-order valence-corrected chi connectivity index (χ4v) is 3.18. The maximum atomic E-state index is 12.4. The van der Waals surface area contributed by atoms with E-state index >= 15 is 0 Å². The van der Waals surface area contributed by atoms with E-state index in [-0.39, 0.29) is 12.0 Å². The van der Waals surface area contributed by atoms with E-state index in [1.54, 1.807) is 59.8 Å². The molecule has 0 unspecified atom stereocenters. The molecule has 154 valence electrons. The monoisotopic (exact) mass is 406 g/mol. The Hall–Kier alpha value is -3.81. The molecule has 1 N–H and O–H groups in total. The Kier molecular flexibility index (Phi) is 5.93. The SMILES string of the molecule is O=C(Nc1ccc(OC(=O)N2CCC(On3cccn3)CC2)cc1)c1ccccc1. The van der Waals surface area contributed by atoms with Crippen LogP contribution < -0.4 is 14.9 Å². The molecule has 3 aromatic rings. The summed E-state index contributed by atoms with van der Waals surface area (Å²) in [6, 6.07) is 17.5. The van der Waals surface area contributed by atoms with Crippen molar-refractivity contribution in [1.82, 2.24) is 14.8 Å². The van der Waals surface area contributed by atoms with Crippen LogP contribution >= 0.6 is 0 Å². The highest BCUT2D eigenvalue weighted by Gasteiger charge is 2.25. The summed E-state index contributed by atoms with van der Waals surface area (Å²) in [7, 11) is 0. The van der Waals surface area contributed by atoms with Crippen LogP contribution in [0.2, 0.25) is 0 Å². The highest BCUT2D eigenvalue weighted by atomic mass is 16.7. The molecule has 0 spiro atoms. The van der Waals surface area contributed by atoms with Gasteiger partial charge in [0.2, 0.25) is 0 Å². The number of rotatable bonds is 5. The summed E-state index contributed by atoms with van der Waals surface area (Å²) in [5.41, 5.74) is 1.20. The Balaban J connectivity index is 1.25. The van der Waals surface area contributed by atoms with Crippen molar-refractivity contribution in [3.63, 3.8) is 0 Å². The number of aromatic nitrogens is 2. The van der Waals surface area contributed by atoms with Gasteiger partial charge in [-0.1, -0.05) is 18.2 Å². The first-order valence-corrected chi connectivity index (χ1v) is 9.77. The maximum absolute atomic E-state index is 12.4. The van der Waals surface area contributed by atoms with E-state index in [2.05, 4.69) is 10.4 Å². The van der Waals surface area contributed by atoms with E-state index < -0.39 is 6.09 Å². The van der Waals surface area contributed by atoms with Crippen LogP contribution in [-0.4, -0.2) is 46.0 Å². The van der Waals surface area contributed by atoms with Crippen molar-refractivity contribution in [2.75, 3.05) is 18.4 Å². The van der Waals surface area contributed by atoms with E-state index in [9.17, 15) is 9.59 Å². The molecule has 2 heterocycles. The summed E-state index contributed by atoms with van der Waals surface area (Å²) in [6.07, 6.45) is 4.44. The van der Waals surface area contributed by atoms with Crippen LogP contribution in [0.25, 0.3) is 0 Å². The van der Waals surface area contributed by atoms with E-state index in [0.29, 0.717) is 42.9 Å². The second-order valence-electron chi connectivity index (χ2n) is 6.91. The number of anilines is 1. The lowest BCUT2D eigenvalue weighted by Crippen LogP contribution is -2.44. The number of benzene rings is 2. The van der Waals surface area contributed by atoms with Gasteiger partial charge < -0.3 is 19.8 Å². The number of hydrogen-bond donors (Lipinski definition) is 1. The quantitative estimate of drug-likeness (QED) is 0.703. The van der Waals surface area contributed by atoms with Crippen LogP contribution in [0.5, 0.6) is 5.75 Å². The molecule has 4 rings (SSSR count). The third kappa shape index (κ3) is 4.96. The number of nitrogens with one attached hydrogen (secondary N) is 1. The minimum atomic E-state index is -0.395. The number of carbonyl (C=O) groups is 2. The van der Waals surface area contributed by atoms with Crippen LogP contribution in [-0.2, 0) is 0 Å². The highest BCUT2D eigenvalue weighted by Crippen LogP contribution is 2.19. The third-order valence-corrected chi connectivity index (χ3v) is 4.79. The minimum absolute atomic E-state index is 0.0152. The maximum Gasteiger partial charge on any atom is 0.415 e. The molecule has 0 aliphatic carbocycles. The Labute approximate surface area is 174 Å². The Morgan fingerprint density at radius 2 is 1.70 bits per heavy atom. The van der Waals surface area contributed by atoms with Gasteiger partial charge in [0, 0.05) is 37.2 Å². The number of hydrogen-bond acceptors (Lipinski definition) is 5. The van der Waals surface area contributed by atoms with Crippen molar-refractivity contribution >= 4 is 17.7 Å². The zero-order valence-electron chi connectivity index (χ0n) is 16.3. The number of ether oxygens (including phenoxy) is 1. The Morgan fingerprint density at radius 1 is 0.967 bits per heavy atom. The van der Waals surface area contributed by atoms with Gasteiger partial charge in [-0.3, -0.25) is 4.79 Å². The van der Waals surface area contributed by atoms with Gasteiger partial charge in [-0.15, -0.1) is 9.94 Å². The van der Waals surface area contributed by atoms with Gasteiger partial charge in [0.15, 0.2) is 0 Å². The molecule has 8 nitrogen and oxygen atoms in total. The van der Waals surface area contributed by atoms with Crippen molar-refractivity contribution in [1.29, 1.82) is 0 Å². The predicted octanol–water partition coefficient (Wildman–Crippen LogP) is 3.23. The average molecular weight is 406 g/mol. The summed E-state index contributed by atoms with van der Waals surface area (Å²) >= 11 is 0. The molecular weight excluding hydrogens is 384 g/mol. The lowest BCUT2D eigenvalue weighted by molar-refractivity contribution is -0.0162. The van der Waals surface area contributed by atoms with Gasteiger partial charge in [-0.2, -0.15) is 0 Å². The molecule has 2 amide bonds. The van der Waals surface area contributed by atoms with Gasteiger partial charge in [0.05, 0.1) is 12.4 Å². The molecule has 0 bridgehead atoms. The van der Waals surface area contributed by atoms with Crippen molar-refractivity contribution < 1.29 is 19.2 Å². The third-order valence-electron chi connectivity index (χ3n) is 4.79. The predicted molar refractivity (Wildman–Crippen MR) is 110 cm³/mol. The fraction of sp³-hybridized carbons (Fsp3) is 0.227. The first kappa shape index (κ1) is 19.5. The molecule has 30 heavy (non-hydrogen) atoms. The first-order chi connectivity index (χ1) is 14.7. The zero-order chi connectivity index (χ0) is 20.8. The van der Waals surface area contributed by atoms with Crippen molar-refractivity contribution in [2.45, 2.75) is 18.9 Å². The molecule has 0 atom stereocenters. The van der Waals surface area contributed by atoms with Crippen molar-refractivity contribution in [3.8, 4) is 5.75 Å². The number of piperidine rings is 1. The van der Waals surface area contributed by atoms with Crippen LogP contribution in [0.3, 0.4) is 0 Å². The number of likely N-dealkylation sites (tertiary alicyclic amines) is 1. The molecule has 0 saturated carbocycles. The highest BCUT2D eigenvalue weighted by molar-refractivity contribution is 6.04. The van der Waals surface area contributed by atoms with Crippen molar-refractivity contribution in [3.05, 3.63) is 78.6 Å². The largest absolute Gasteiger partial charge is 0.415 e. The lowest BCUT2D eigenvalue weighted by atomic mass is 10.1. The first-order valence-electron chi connectivity index (χ1n) is 9.77. The Morgan fingerprint density at radius 3 is 2.37 bits per heavy atom. The molecule has 1 aliphatic heterocycles. The fourth-order valence-electron chi connectivity index (χ4n) is 3.18. The molecular formula is C22H22N4O4. The second kappa shape index (κ2) is 9.13. The van der Waals surface area contributed by atoms with E-state index in [1.807, 2.05) is 18.2 Å². The summed E-state index contributed by atoms with van der Waals surface area (Å²) in [5.74, 6) is 0.230. The Bertz CT molecular complexity index is 966. The van der Waals surface area contributed by atoms with Gasteiger partial charge in [-0.05, 0) is 42.5 Å². The topological polar surface area (TPSA) is 85.7 Å². The van der Waals surface area contributed by atoms with E-state index in [1.165, 1.54) is 4.85 Å². The minimum Gasteiger partial charge on any atom is -0.410 e. The van der Waals surface area contributed by atoms with Gasteiger partial charge in [0.25, 0.3) is 5.91 Å². The van der Waals surface area contributed by atoms with Gasteiger partial charge in [-0.25, -0.2) is 4.79 Å². The van der Waals surface area contributed by atoms with Crippen LogP contribution in [0, 0.1) is 0 Å². The van der Waals surface area contributed by atoms with Crippen LogP contribution in [0.1, 0.15) is 23.2 Å². The van der Waals surface area contributed by atoms with E-state index in [4.69, 9.17) is 9.57 Å². The number of amides is 2. The summed E-state index contributed by atoms with van der Waals surface area (Å²) in [4.78, 5) is 33.4. The van der Waals surface area contributed by atoms with Gasteiger partial charge >= 0.3 is 6.09 Å². The molecule has 0 radical (unpaired) electrons. The summed E-state index contributed by atoms with van der Waals surface area (Å²) in [6.45, 7) is 1.10. The molecule has 1 aliphatic rings. The number of carbonyl (C=O) groups excluding carboxylic acids is 2. The van der Waals surface area contributed by atoms with E-state index in [0.717, 1.165) is 0 Å². The van der Waals surface area contributed by atoms with Gasteiger partial charge in [0.1, 0.15) is 11.9 Å². The van der Waals surface area contributed by atoms with Crippen molar-refractivity contribution in [2.24, 2.45) is 0 Å². The summed E-state index contributed by atoms with van der Waals surface area (Å²) < 4.78 is 5.46.